The second kappa shape index (κ2) is 10.6. The number of nitrogens with one attached hydrogen (secondary N) is 1. The van der Waals surface area contributed by atoms with Crippen molar-refractivity contribution in [2.24, 2.45) is 0 Å². The zero-order valence-corrected chi connectivity index (χ0v) is 17.5. The van der Waals surface area contributed by atoms with E-state index < -0.39 is 11.7 Å². The molecule has 9 heteroatoms. The van der Waals surface area contributed by atoms with Crippen LogP contribution >= 0.6 is 0 Å². The van der Waals surface area contributed by atoms with Crippen molar-refractivity contribution in [2.45, 2.75) is 19.5 Å². The van der Waals surface area contributed by atoms with Crippen molar-refractivity contribution >= 4 is 5.91 Å². The summed E-state index contributed by atoms with van der Waals surface area (Å²) in [4.78, 5) is 20.8. The Kier molecular flexibility index (Phi) is 7.86. The maximum absolute atomic E-state index is 12.6. The number of piperazine rings is 1. The molecule has 1 aromatic heterocycles. The molecule has 6 nitrogen and oxygen atoms in total. The molecule has 1 aliphatic heterocycles. The van der Waals surface area contributed by atoms with Gasteiger partial charge in [0.2, 0.25) is 5.88 Å². The quantitative estimate of drug-likeness (QED) is 0.641. The third-order valence-corrected chi connectivity index (χ3v) is 5.25. The van der Waals surface area contributed by atoms with E-state index in [0.29, 0.717) is 17.9 Å². The van der Waals surface area contributed by atoms with Gasteiger partial charge in [0.05, 0.1) is 5.56 Å². The van der Waals surface area contributed by atoms with Crippen LogP contribution in [0.25, 0.3) is 0 Å². The number of pyridine rings is 1. The molecule has 0 unspecified atom stereocenters. The molecule has 2 heterocycles. The number of aromatic nitrogens is 1. The highest BCUT2D eigenvalue weighted by Crippen LogP contribution is 2.30. The van der Waals surface area contributed by atoms with Gasteiger partial charge in [0.1, 0.15) is 5.75 Å². The van der Waals surface area contributed by atoms with Gasteiger partial charge in [-0.1, -0.05) is 6.92 Å². The molecule has 1 saturated heterocycles. The second-order valence-corrected chi connectivity index (χ2v) is 7.39. The highest BCUT2D eigenvalue weighted by Gasteiger charge is 2.30. The van der Waals surface area contributed by atoms with Gasteiger partial charge in [-0.2, -0.15) is 13.2 Å². The van der Waals surface area contributed by atoms with Crippen LogP contribution in [0.3, 0.4) is 0 Å². The van der Waals surface area contributed by atoms with E-state index in [9.17, 15) is 18.0 Å². The summed E-state index contributed by atoms with van der Waals surface area (Å²) >= 11 is 0. The summed E-state index contributed by atoms with van der Waals surface area (Å²) in [6, 6.07) is 8.46. The molecule has 1 aliphatic rings. The number of likely N-dealkylation sites (N-methyl/N-ethyl adjacent to an activating group) is 1. The monoisotopic (exact) mass is 436 g/mol. The fourth-order valence-electron chi connectivity index (χ4n) is 3.34. The number of ether oxygens (including phenoxy) is 1. The third kappa shape index (κ3) is 6.93. The first-order valence-corrected chi connectivity index (χ1v) is 10.4. The fourth-order valence-corrected chi connectivity index (χ4v) is 3.34. The minimum absolute atomic E-state index is 0.0463. The lowest BCUT2D eigenvalue weighted by Gasteiger charge is -2.33. The van der Waals surface area contributed by atoms with Crippen LogP contribution < -0.4 is 10.1 Å². The number of hydrogen-bond donors (Lipinski definition) is 1. The molecule has 0 spiro atoms. The number of rotatable bonds is 8. The Labute approximate surface area is 180 Å². The van der Waals surface area contributed by atoms with Crippen LogP contribution in [-0.2, 0) is 6.18 Å². The van der Waals surface area contributed by atoms with Crippen LogP contribution in [0.4, 0.5) is 13.2 Å². The summed E-state index contributed by atoms with van der Waals surface area (Å²) in [5.41, 5.74) is -0.348. The zero-order chi connectivity index (χ0) is 22.3. The molecule has 0 atom stereocenters. The highest BCUT2D eigenvalue weighted by molar-refractivity contribution is 5.94. The summed E-state index contributed by atoms with van der Waals surface area (Å²) in [6.07, 6.45) is -2.83. The van der Waals surface area contributed by atoms with Crippen molar-refractivity contribution in [3.8, 4) is 11.6 Å². The molecular weight excluding hydrogens is 409 g/mol. The van der Waals surface area contributed by atoms with Crippen LogP contribution in [0, 0.1) is 0 Å². The second-order valence-electron chi connectivity index (χ2n) is 7.39. The number of carbonyl (C=O) groups excluding carboxylic acids is 1. The lowest BCUT2D eigenvalue weighted by Crippen LogP contribution is -2.46. The summed E-state index contributed by atoms with van der Waals surface area (Å²) in [6.45, 7) is 9.15. The average Bonchev–Trinajstić information content (AvgIpc) is 2.77. The summed E-state index contributed by atoms with van der Waals surface area (Å²) in [7, 11) is 0. The molecule has 3 rings (SSSR count). The average molecular weight is 436 g/mol. The first-order chi connectivity index (χ1) is 14.8. The highest BCUT2D eigenvalue weighted by atomic mass is 19.4. The van der Waals surface area contributed by atoms with Crippen molar-refractivity contribution in [2.75, 3.05) is 45.8 Å². The van der Waals surface area contributed by atoms with E-state index in [0.717, 1.165) is 64.0 Å². The number of amides is 1. The van der Waals surface area contributed by atoms with E-state index in [4.69, 9.17) is 4.74 Å². The predicted octanol–water partition coefficient (Wildman–Crippen LogP) is 3.65. The van der Waals surface area contributed by atoms with Crippen molar-refractivity contribution in [3.05, 3.63) is 53.7 Å². The van der Waals surface area contributed by atoms with Crippen LogP contribution in [-0.4, -0.2) is 66.5 Å². The fraction of sp³-hybridized carbons (Fsp3) is 0.455. The van der Waals surface area contributed by atoms with Crippen molar-refractivity contribution in [1.82, 2.24) is 20.1 Å². The first-order valence-electron chi connectivity index (χ1n) is 10.4. The zero-order valence-electron chi connectivity index (χ0n) is 17.5. The number of carbonyl (C=O) groups is 1. The normalized spacial score (nSPS) is 15.6. The van der Waals surface area contributed by atoms with Gasteiger partial charge in [-0.15, -0.1) is 0 Å². The molecule has 1 N–H and O–H groups in total. The minimum atomic E-state index is -4.44. The van der Waals surface area contributed by atoms with Gasteiger partial charge in [-0.05, 0) is 49.8 Å². The van der Waals surface area contributed by atoms with Gasteiger partial charge in [0, 0.05) is 50.6 Å². The Bertz CT molecular complexity index is 833. The number of benzene rings is 1. The number of alkyl halides is 3. The largest absolute Gasteiger partial charge is 0.439 e. The van der Waals surface area contributed by atoms with Crippen LogP contribution in [0.2, 0.25) is 0 Å². The molecule has 1 fully saturated rings. The van der Waals surface area contributed by atoms with Gasteiger partial charge >= 0.3 is 6.18 Å². The first kappa shape index (κ1) is 23.0. The Morgan fingerprint density at radius 1 is 1.06 bits per heavy atom. The van der Waals surface area contributed by atoms with Gasteiger partial charge in [-0.25, -0.2) is 4.98 Å². The van der Waals surface area contributed by atoms with Crippen molar-refractivity contribution in [1.29, 1.82) is 0 Å². The SMILES string of the molecule is CCN1CCN(CCCNC(=O)c2ccc(Oc3ccc(C(F)(F)F)cn3)cc2)CC1. The minimum Gasteiger partial charge on any atom is -0.439 e. The lowest BCUT2D eigenvalue weighted by atomic mass is 10.2. The van der Waals surface area contributed by atoms with E-state index in [1.54, 1.807) is 24.3 Å². The van der Waals surface area contributed by atoms with Gasteiger partial charge in [-0.3, -0.25) is 4.79 Å². The van der Waals surface area contributed by atoms with Gasteiger partial charge < -0.3 is 19.9 Å². The molecule has 168 valence electrons. The number of nitrogens with zero attached hydrogens (tertiary/aromatic N) is 3. The van der Waals surface area contributed by atoms with Gasteiger partial charge in [0.15, 0.2) is 0 Å². The molecule has 31 heavy (non-hydrogen) atoms. The Morgan fingerprint density at radius 3 is 2.32 bits per heavy atom. The number of hydrogen-bond acceptors (Lipinski definition) is 5. The Balaban J connectivity index is 1.40. The molecule has 2 aromatic rings. The molecule has 0 saturated carbocycles. The standard InChI is InChI=1S/C22H27F3N4O2/c1-2-28-12-14-29(15-13-28)11-3-10-26-21(30)17-4-7-19(8-5-17)31-20-9-6-18(16-27-20)22(23,24)25/h4-9,16H,2-3,10-15H2,1H3,(H,26,30). The topological polar surface area (TPSA) is 57.7 Å². The lowest BCUT2D eigenvalue weighted by molar-refractivity contribution is -0.137. The smallest absolute Gasteiger partial charge is 0.417 e. The van der Waals surface area contributed by atoms with E-state index in [-0.39, 0.29) is 11.8 Å². The van der Waals surface area contributed by atoms with E-state index in [2.05, 4.69) is 27.0 Å². The van der Waals surface area contributed by atoms with Crippen molar-refractivity contribution in [3.63, 3.8) is 0 Å². The van der Waals surface area contributed by atoms with Crippen LogP contribution in [0.5, 0.6) is 11.6 Å². The van der Waals surface area contributed by atoms with E-state index >= 15 is 0 Å². The molecule has 0 aliphatic carbocycles. The van der Waals surface area contributed by atoms with E-state index in [1.165, 1.54) is 0 Å². The van der Waals surface area contributed by atoms with Crippen molar-refractivity contribution < 1.29 is 22.7 Å². The van der Waals surface area contributed by atoms with E-state index in [1.807, 2.05) is 0 Å². The molecular formula is C22H27F3N4O2. The molecule has 0 radical (unpaired) electrons. The Hall–Kier alpha value is -2.65. The summed E-state index contributed by atoms with van der Waals surface area (Å²) in [5.74, 6) is 0.259. The summed E-state index contributed by atoms with van der Waals surface area (Å²) < 4.78 is 43.2. The molecule has 0 bridgehead atoms. The number of halogens is 3. The molecule has 1 amide bonds. The third-order valence-electron chi connectivity index (χ3n) is 5.25. The maximum Gasteiger partial charge on any atom is 0.417 e. The summed E-state index contributed by atoms with van der Waals surface area (Å²) in [5, 5.41) is 2.91. The van der Waals surface area contributed by atoms with Crippen LogP contribution in [0.1, 0.15) is 29.3 Å². The predicted molar refractivity (Wildman–Crippen MR) is 111 cm³/mol. The van der Waals surface area contributed by atoms with Crippen LogP contribution in [0.15, 0.2) is 42.6 Å². The maximum atomic E-state index is 12.6. The Morgan fingerprint density at radius 2 is 1.74 bits per heavy atom. The van der Waals surface area contributed by atoms with Gasteiger partial charge in [0.25, 0.3) is 5.91 Å². The molecule has 1 aromatic carbocycles.